The molecule has 1 amide bonds. The summed E-state index contributed by atoms with van der Waals surface area (Å²) in [6, 6.07) is 18.9. The van der Waals surface area contributed by atoms with Gasteiger partial charge in [0, 0.05) is 27.9 Å². The molecule has 3 aromatic carbocycles. The van der Waals surface area contributed by atoms with E-state index < -0.39 is 17.4 Å². The molecule has 0 saturated carbocycles. The molecule has 2 aliphatic rings. The molecule has 0 fully saturated rings. The highest BCUT2D eigenvalue weighted by molar-refractivity contribution is 6.31. The molecule has 8 heteroatoms. The molecule has 33 heavy (non-hydrogen) atoms. The van der Waals surface area contributed by atoms with Crippen LogP contribution < -0.4 is 14.8 Å². The Bertz CT molecular complexity index is 1300. The van der Waals surface area contributed by atoms with Crippen LogP contribution >= 0.6 is 11.6 Å². The first-order valence-electron chi connectivity index (χ1n) is 10.2. The number of oxime groups is 1. The number of carbonyl (C=O) groups excluding carboxylic acids is 2. The number of ketones is 1. The predicted octanol–water partition coefficient (Wildman–Crippen LogP) is 4.44. The van der Waals surface area contributed by atoms with Gasteiger partial charge in [-0.05, 0) is 30.3 Å². The second-order valence-corrected chi connectivity index (χ2v) is 8.11. The van der Waals surface area contributed by atoms with Gasteiger partial charge in [-0.3, -0.25) is 9.59 Å². The molecule has 3 aromatic rings. The summed E-state index contributed by atoms with van der Waals surface area (Å²) >= 11 is 6.06. The highest BCUT2D eigenvalue weighted by atomic mass is 35.5. The van der Waals surface area contributed by atoms with Gasteiger partial charge in [0.2, 0.25) is 0 Å². The molecular weight excluding hydrogens is 444 g/mol. The van der Waals surface area contributed by atoms with E-state index in [9.17, 15) is 9.59 Å². The van der Waals surface area contributed by atoms with E-state index in [1.165, 1.54) is 14.2 Å². The monoisotopic (exact) mass is 462 g/mol. The molecule has 7 nitrogen and oxygen atoms in total. The number of hydrogen-bond donors (Lipinski definition) is 1. The fourth-order valence-corrected chi connectivity index (χ4v) is 4.48. The quantitative estimate of drug-likeness (QED) is 0.566. The highest BCUT2D eigenvalue weighted by Gasteiger charge is 2.63. The molecule has 0 aromatic heterocycles. The summed E-state index contributed by atoms with van der Waals surface area (Å²) in [7, 11) is 3.00. The number of carbonyl (C=O) groups is 2. The van der Waals surface area contributed by atoms with Gasteiger partial charge in [-0.25, -0.2) is 0 Å². The van der Waals surface area contributed by atoms with E-state index in [0.717, 1.165) is 0 Å². The van der Waals surface area contributed by atoms with Crippen LogP contribution in [0.2, 0.25) is 5.02 Å². The van der Waals surface area contributed by atoms with E-state index >= 15 is 0 Å². The lowest BCUT2D eigenvalue weighted by Gasteiger charge is -2.27. The number of nitrogens with zero attached hydrogens (tertiary/aromatic N) is 1. The molecular formula is C25H19ClN2O5. The zero-order chi connectivity index (χ0) is 23.2. The van der Waals surface area contributed by atoms with E-state index in [2.05, 4.69) is 10.5 Å². The number of nitrogens with one attached hydrogen (secondary N) is 1. The summed E-state index contributed by atoms with van der Waals surface area (Å²) < 4.78 is 10.7. The average Bonchev–Trinajstić information content (AvgIpc) is 3.37. The molecule has 0 bridgehead atoms. The number of benzene rings is 3. The van der Waals surface area contributed by atoms with E-state index in [1.54, 1.807) is 66.7 Å². The lowest BCUT2D eigenvalue weighted by atomic mass is 9.74. The van der Waals surface area contributed by atoms with Crippen molar-refractivity contribution >= 4 is 34.7 Å². The smallest absolute Gasteiger partial charge is 0.277 e. The molecule has 2 heterocycles. The molecule has 0 saturated heterocycles. The first kappa shape index (κ1) is 21.0. The van der Waals surface area contributed by atoms with Crippen LogP contribution in [0, 0.1) is 5.92 Å². The maximum atomic E-state index is 14.1. The molecule has 166 valence electrons. The van der Waals surface area contributed by atoms with Crippen LogP contribution in [0.4, 0.5) is 5.69 Å². The molecule has 2 aliphatic heterocycles. The summed E-state index contributed by atoms with van der Waals surface area (Å²) in [5, 5.41) is 7.63. The maximum absolute atomic E-state index is 14.1. The zero-order valence-corrected chi connectivity index (χ0v) is 18.6. The predicted molar refractivity (Wildman–Crippen MR) is 123 cm³/mol. The Balaban J connectivity index is 1.70. The van der Waals surface area contributed by atoms with Gasteiger partial charge in [-0.15, -0.1) is 0 Å². The Morgan fingerprint density at radius 2 is 1.82 bits per heavy atom. The van der Waals surface area contributed by atoms with Gasteiger partial charge in [-0.1, -0.05) is 47.1 Å². The normalized spacial score (nSPS) is 20.6. The summed E-state index contributed by atoms with van der Waals surface area (Å²) in [6.45, 7) is 0. The van der Waals surface area contributed by atoms with Crippen molar-refractivity contribution in [2.75, 3.05) is 19.5 Å². The molecule has 0 radical (unpaired) electrons. The van der Waals surface area contributed by atoms with Gasteiger partial charge >= 0.3 is 0 Å². The second-order valence-electron chi connectivity index (χ2n) is 7.67. The van der Waals surface area contributed by atoms with Gasteiger partial charge in [0.15, 0.2) is 5.78 Å². The number of hydrogen-bond acceptors (Lipinski definition) is 6. The fourth-order valence-electron chi connectivity index (χ4n) is 4.36. The summed E-state index contributed by atoms with van der Waals surface area (Å²) in [5.41, 5.74) is 0.726. The third-order valence-electron chi connectivity index (χ3n) is 5.96. The Morgan fingerprint density at radius 1 is 1.06 bits per heavy atom. The van der Waals surface area contributed by atoms with Gasteiger partial charge < -0.3 is 19.6 Å². The maximum Gasteiger partial charge on any atom is 0.277 e. The summed E-state index contributed by atoms with van der Waals surface area (Å²) in [4.78, 5) is 33.3. The lowest BCUT2D eigenvalue weighted by molar-refractivity contribution is -0.140. The number of fused-ring (bicyclic) bond motifs is 2. The largest absolute Gasteiger partial charge is 0.497 e. The zero-order valence-electron chi connectivity index (χ0n) is 17.8. The number of anilines is 1. The van der Waals surface area contributed by atoms with Crippen LogP contribution in [0.25, 0.3) is 0 Å². The van der Waals surface area contributed by atoms with Crippen molar-refractivity contribution in [3.63, 3.8) is 0 Å². The van der Waals surface area contributed by atoms with Crippen LogP contribution in [0.5, 0.6) is 11.5 Å². The van der Waals surface area contributed by atoms with E-state index in [-0.39, 0.29) is 11.3 Å². The molecule has 2 atom stereocenters. The first-order chi connectivity index (χ1) is 16.0. The number of Topliss-reactive ketones (excluding diaryl/α,β-unsaturated/α-hetero) is 1. The average molecular weight is 463 g/mol. The van der Waals surface area contributed by atoms with Crippen LogP contribution in [-0.4, -0.2) is 31.6 Å². The summed E-state index contributed by atoms with van der Waals surface area (Å²) in [6.07, 6.45) is 0. The lowest BCUT2D eigenvalue weighted by Crippen LogP contribution is -2.46. The minimum Gasteiger partial charge on any atom is -0.497 e. The van der Waals surface area contributed by atoms with Crippen LogP contribution in [0.3, 0.4) is 0 Å². The Morgan fingerprint density at radius 3 is 2.55 bits per heavy atom. The van der Waals surface area contributed by atoms with E-state index in [4.69, 9.17) is 25.9 Å². The number of rotatable bonds is 5. The third-order valence-corrected chi connectivity index (χ3v) is 6.21. The van der Waals surface area contributed by atoms with Crippen LogP contribution in [-0.2, 0) is 15.2 Å². The molecule has 1 N–H and O–H groups in total. The number of halogens is 1. The van der Waals surface area contributed by atoms with Crippen molar-refractivity contribution < 1.29 is 23.9 Å². The van der Waals surface area contributed by atoms with Crippen molar-refractivity contribution in [3.8, 4) is 11.5 Å². The second kappa shape index (κ2) is 7.94. The summed E-state index contributed by atoms with van der Waals surface area (Å²) in [5.74, 6) is -1.03. The topological polar surface area (TPSA) is 86.2 Å². The van der Waals surface area contributed by atoms with Gasteiger partial charge in [0.05, 0.1) is 19.8 Å². The number of ether oxygens (including phenoxy) is 2. The Labute approximate surface area is 194 Å². The van der Waals surface area contributed by atoms with Gasteiger partial charge in [-0.2, -0.15) is 0 Å². The number of amides is 1. The number of methoxy groups -OCH3 is 2. The van der Waals surface area contributed by atoms with Crippen molar-refractivity contribution in [1.82, 2.24) is 0 Å². The van der Waals surface area contributed by atoms with Crippen molar-refractivity contribution in [1.29, 1.82) is 0 Å². The fraction of sp³-hybridized carbons (Fsp3) is 0.160. The molecule has 5 rings (SSSR count). The highest BCUT2D eigenvalue weighted by Crippen LogP contribution is 2.50. The number of para-hydroxylation sites is 1. The van der Waals surface area contributed by atoms with Crippen LogP contribution in [0.15, 0.2) is 71.9 Å². The Hall–Kier alpha value is -3.84. The van der Waals surface area contributed by atoms with E-state index in [0.29, 0.717) is 39.0 Å². The Kier molecular flexibility index (Phi) is 5.06. The first-order valence-corrected chi connectivity index (χ1v) is 10.6. The van der Waals surface area contributed by atoms with Crippen molar-refractivity contribution in [2.45, 2.75) is 5.60 Å². The van der Waals surface area contributed by atoms with Crippen molar-refractivity contribution in [2.24, 2.45) is 11.1 Å². The van der Waals surface area contributed by atoms with Crippen molar-refractivity contribution in [3.05, 3.63) is 88.4 Å². The molecule has 0 unspecified atom stereocenters. The molecule has 0 aliphatic carbocycles. The van der Waals surface area contributed by atoms with Crippen LogP contribution in [0.1, 0.15) is 21.5 Å². The SMILES string of the molecule is COc1ccc(C(=O)[C@@H]2C(c3ccc(Cl)cc3)=NO[C@]23C(=O)Nc2ccccc23)c(OC)c1. The van der Waals surface area contributed by atoms with Gasteiger partial charge in [0.25, 0.3) is 11.5 Å². The third kappa shape index (κ3) is 3.15. The van der Waals surface area contributed by atoms with Gasteiger partial charge in [0.1, 0.15) is 23.1 Å². The minimum absolute atomic E-state index is 0.284. The van der Waals surface area contributed by atoms with E-state index in [1.807, 2.05) is 0 Å². The standard InChI is InChI=1S/C25H19ClN2O5/c1-31-16-11-12-17(20(13-16)32-2)23(29)21-22(14-7-9-15(26)10-8-14)28-33-25(21)18-5-3-4-6-19(18)27-24(25)30/h3-13,21H,1-2H3,(H,27,30)/t21-,25-/m0/s1. The minimum atomic E-state index is -1.65. The molecule has 1 spiro atoms.